The maximum Gasteiger partial charge on any atom is 0.416 e. The van der Waals surface area contributed by atoms with Gasteiger partial charge in [0.25, 0.3) is 0 Å². The minimum Gasteiger partial charge on any atom is -0.743 e. The van der Waals surface area contributed by atoms with Crippen molar-refractivity contribution < 1.29 is 65.7 Å². The van der Waals surface area contributed by atoms with E-state index in [-0.39, 0.29) is 0 Å². The molecule has 0 bridgehead atoms. The summed E-state index contributed by atoms with van der Waals surface area (Å²) < 4.78 is 175. The molecule has 2 aromatic carbocycles. The summed E-state index contributed by atoms with van der Waals surface area (Å²) in [6.45, 7) is -0.619. The van der Waals surface area contributed by atoms with E-state index >= 15 is 0 Å². The molecule has 198 valence electrons. The fourth-order valence-electron chi connectivity index (χ4n) is 2.14. The lowest BCUT2D eigenvalue weighted by atomic mass is 10.2. The highest BCUT2D eigenvalue weighted by molar-refractivity contribution is 7.86. The number of benzene rings is 2. The van der Waals surface area contributed by atoms with Gasteiger partial charge in [-0.2, -0.15) is 52.7 Å². The Hall–Kier alpha value is -2.06. The van der Waals surface area contributed by atoms with E-state index in [2.05, 4.69) is 0 Å². The zero-order valence-electron chi connectivity index (χ0n) is 16.9. The summed E-state index contributed by atoms with van der Waals surface area (Å²) in [6, 6.07) is 9.34. The monoisotopic (exact) mass is 568 g/mol. The molecule has 2 rings (SSSR count). The number of alkyl halides is 12. The van der Waals surface area contributed by atoms with Gasteiger partial charge in [0.2, 0.25) is 0 Å². The molecular formula is C18H13F12O3PS. The summed E-state index contributed by atoms with van der Waals surface area (Å²) in [6.07, 6.45) is -8.77. The highest BCUT2D eigenvalue weighted by atomic mass is 32.2. The van der Waals surface area contributed by atoms with Gasteiger partial charge in [-0.3, -0.25) is 0 Å². The van der Waals surface area contributed by atoms with E-state index in [1.807, 2.05) is 0 Å². The molecule has 0 saturated carbocycles. The highest BCUT2D eigenvalue weighted by Gasteiger charge is 2.72. The van der Waals surface area contributed by atoms with Crippen LogP contribution in [0.5, 0.6) is 0 Å². The lowest BCUT2D eigenvalue weighted by Crippen LogP contribution is -2.56. The van der Waals surface area contributed by atoms with Crippen molar-refractivity contribution in [2.75, 3.05) is 0 Å². The molecule has 0 N–H and O–H groups in total. The summed E-state index contributed by atoms with van der Waals surface area (Å²) in [7, 11) is -7.40. The van der Waals surface area contributed by atoms with Crippen LogP contribution >= 0.6 is 8.58 Å². The van der Waals surface area contributed by atoms with Crippen molar-refractivity contribution in [3.8, 4) is 0 Å². The topological polar surface area (TPSA) is 57.2 Å². The Labute approximate surface area is 191 Å². The van der Waals surface area contributed by atoms with Gasteiger partial charge in [0.05, 0.1) is 30.3 Å². The van der Waals surface area contributed by atoms with Gasteiger partial charge < -0.3 is 4.55 Å². The van der Waals surface area contributed by atoms with Crippen molar-refractivity contribution in [1.82, 2.24) is 0 Å². The van der Waals surface area contributed by atoms with E-state index in [1.54, 1.807) is 0 Å². The quantitative estimate of drug-likeness (QED) is 0.272. The third kappa shape index (κ3) is 7.71. The molecule has 0 aliphatic rings. The number of halogens is 12. The largest absolute Gasteiger partial charge is 0.743 e. The van der Waals surface area contributed by atoms with Crippen molar-refractivity contribution in [2.24, 2.45) is 0 Å². The zero-order chi connectivity index (χ0) is 27.7. The molecule has 0 aliphatic heterocycles. The SMILES string of the molecule is CC(F)(F)C(F)(F)C(F)(F)S(=O)(=O)[O-].FC(F)(F)c1ccc([PH2+]c2ccc(C(F)(F)F)cc2)cc1. The predicted octanol–water partition coefficient (Wildman–Crippen LogP) is 5.50. The lowest BCUT2D eigenvalue weighted by Gasteiger charge is -2.31. The second-order valence-electron chi connectivity index (χ2n) is 6.82. The number of hydrogen-bond acceptors (Lipinski definition) is 3. The second kappa shape index (κ2) is 10.1. The van der Waals surface area contributed by atoms with Crippen LogP contribution in [0.15, 0.2) is 48.5 Å². The highest BCUT2D eigenvalue weighted by Crippen LogP contribution is 2.47. The first kappa shape index (κ1) is 31.0. The van der Waals surface area contributed by atoms with Crippen molar-refractivity contribution in [2.45, 2.75) is 36.4 Å². The lowest BCUT2D eigenvalue weighted by molar-refractivity contribution is -0.273. The molecule has 0 aliphatic carbocycles. The third-order valence-corrected chi connectivity index (χ3v) is 6.36. The molecule has 0 spiro atoms. The van der Waals surface area contributed by atoms with Gasteiger partial charge in [-0.15, -0.1) is 0 Å². The second-order valence-corrected chi connectivity index (χ2v) is 9.86. The molecular weight excluding hydrogens is 555 g/mol. The van der Waals surface area contributed by atoms with Crippen molar-refractivity contribution in [1.29, 1.82) is 0 Å². The predicted molar refractivity (Wildman–Crippen MR) is 102 cm³/mol. The molecule has 0 saturated heterocycles. The molecule has 17 heteroatoms. The van der Waals surface area contributed by atoms with Crippen molar-refractivity contribution in [3.63, 3.8) is 0 Å². The normalized spacial score (nSPS) is 13.8. The van der Waals surface area contributed by atoms with E-state index in [4.69, 9.17) is 0 Å². The van der Waals surface area contributed by atoms with Gasteiger partial charge >= 0.3 is 29.5 Å². The maximum atomic E-state index is 12.4. The maximum absolute atomic E-state index is 12.4. The van der Waals surface area contributed by atoms with E-state index < -0.39 is 66.2 Å². The Kier molecular flexibility index (Phi) is 8.96. The average Bonchev–Trinajstić information content (AvgIpc) is 2.66. The summed E-state index contributed by atoms with van der Waals surface area (Å²) in [5.41, 5.74) is -1.48. The standard InChI is InChI=1S/C14H9F6P.C4H4F6O3S/c15-13(16,17)9-1-5-11(6-2-9)21-12-7-3-10(4-8-12)14(18,19)20;1-2(5,6)3(7,8)4(9,10)14(11,12)13/h1-8,21H;1H3,(H,11,12,13). The third-order valence-electron chi connectivity index (χ3n) is 4.04. The van der Waals surface area contributed by atoms with Crippen LogP contribution < -0.4 is 10.6 Å². The summed E-state index contributed by atoms with van der Waals surface area (Å²) in [5, 5.41) is -4.98. The molecule has 0 unspecified atom stereocenters. The van der Waals surface area contributed by atoms with Crippen molar-refractivity contribution in [3.05, 3.63) is 59.7 Å². The van der Waals surface area contributed by atoms with Crippen LogP contribution in [0.4, 0.5) is 52.7 Å². The van der Waals surface area contributed by atoms with E-state index in [1.165, 1.54) is 24.3 Å². The minimum absolute atomic E-state index is 0.543. The summed E-state index contributed by atoms with van der Waals surface area (Å²) in [4.78, 5) is 0. The first-order chi connectivity index (χ1) is 15.4. The fraction of sp³-hybridized carbons (Fsp3) is 0.333. The van der Waals surface area contributed by atoms with Crippen LogP contribution in [0.1, 0.15) is 18.1 Å². The molecule has 3 nitrogen and oxygen atoms in total. The summed E-state index contributed by atoms with van der Waals surface area (Å²) in [5.74, 6) is -11.6. The molecule has 0 fully saturated rings. The molecule has 35 heavy (non-hydrogen) atoms. The molecule has 0 aromatic heterocycles. The van der Waals surface area contributed by atoms with Crippen LogP contribution in [0.3, 0.4) is 0 Å². The van der Waals surface area contributed by atoms with Gasteiger partial charge in [-0.1, -0.05) is 0 Å². The van der Waals surface area contributed by atoms with Gasteiger partial charge in [-0.05, 0) is 48.5 Å². The molecule has 0 amide bonds. The van der Waals surface area contributed by atoms with E-state index in [9.17, 15) is 65.7 Å². The van der Waals surface area contributed by atoms with E-state index in [0.717, 1.165) is 24.3 Å². The molecule has 0 heterocycles. The van der Waals surface area contributed by atoms with Crippen molar-refractivity contribution >= 4 is 29.3 Å². The summed E-state index contributed by atoms with van der Waals surface area (Å²) >= 11 is 0. The Bertz CT molecular complexity index is 1030. The average molecular weight is 568 g/mol. The molecule has 0 atom stereocenters. The van der Waals surface area contributed by atoms with Gasteiger partial charge in [0.1, 0.15) is 0 Å². The molecule has 0 radical (unpaired) electrons. The van der Waals surface area contributed by atoms with Crippen LogP contribution in [0, 0.1) is 0 Å². The number of rotatable bonds is 5. The minimum atomic E-state index is -6.86. The van der Waals surface area contributed by atoms with Crippen LogP contribution in [-0.2, 0) is 22.5 Å². The van der Waals surface area contributed by atoms with Crippen LogP contribution in [0.2, 0.25) is 0 Å². The Morgan fingerprint density at radius 1 is 0.629 bits per heavy atom. The Balaban J connectivity index is 0.000000383. The van der Waals surface area contributed by atoms with Gasteiger partial charge in [-0.25, -0.2) is 8.42 Å². The van der Waals surface area contributed by atoms with Gasteiger partial charge in [0.15, 0.2) is 10.1 Å². The smallest absolute Gasteiger partial charge is 0.416 e. The Morgan fingerprint density at radius 2 is 0.914 bits per heavy atom. The van der Waals surface area contributed by atoms with Gasteiger partial charge in [0, 0.05) is 6.92 Å². The Morgan fingerprint density at radius 3 is 1.09 bits per heavy atom. The van der Waals surface area contributed by atoms with Crippen LogP contribution in [0.25, 0.3) is 0 Å². The first-order valence-electron chi connectivity index (χ1n) is 8.69. The fourth-order valence-corrected chi connectivity index (χ4v) is 3.79. The molecule has 2 aromatic rings. The van der Waals surface area contributed by atoms with E-state index in [0.29, 0.717) is 10.6 Å². The first-order valence-corrected chi connectivity index (χ1v) is 11.3. The zero-order valence-corrected chi connectivity index (χ0v) is 18.8. The van der Waals surface area contributed by atoms with Crippen LogP contribution in [-0.4, -0.2) is 30.1 Å². The number of hydrogen-bond donors (Lipinski definition) is 0.